The van der Waals surface area contributed by atoms with E-state index in [9.17, 15) is 4.79 Å². The third-order valence-electron chi connectivity index (χ3n) is 3.71. The van der Waals surface area contributed by atoms with Crippen LogP contribution in [0.3, 0.4) is 0 Å². The Kier molecular flexibility index (Phi) is 2.52. The molecule has 2 heterocycles. The molecule has 1 atom stereocenters. The summed E-state index contributed by atoms with van der Waals surface area (Å²) in [4.78, 5) is 14.3. The lowest BCUT2D eigenvalue weighted by Crippen LogP contribution is -2.46. The minimum atomic E-state index is 0.104. The number of benzene rings is 1. The number of nitrogen functional groups attached to an aromatic ring is 1. The maximum absolute atomic E-state index is 12.3. The van der Waals surface area contributed by atoms with Crippen LogP contribution in [0.2, 0.25) is 0 Å². The van der Waals surface area contributed by atoms with Crippen molar-refractivity contribution in [2.24, 2.45) is 0 Å². The van der Waals surface area contributed by atoms with Gasteiger partial charge in [-0.25, -0.2) is 0 Å². The van der Waals surface area contributed by atoms with Crippen molar-refractivity contribution >= 4 is 11.6 Å². The van der Waals surface area contributed by atoms with Crippen LogP contribution in [0.15, 0.2) is 18.2 Å². The van der Waals surface area contributed by atoms with Crippen LogP contribution in [0.5, 0.6) is 0 Å². The van der Waals surface area contributed by atoms with E-state index in [1.165, 1.54) is 0 Å². The summed E-state index contributed by atoms with van der Waals surface area (Å²) in [5.41, 5.74) is 8.29. The Morgan fingerprint density at radius 3 is 3.00 bits per heavy atom. The van der Waals surface area contributed by atoms with Crippen LogP contribution in [0, 0.1) is 0 Å². The van der Waals surface area contributed by atoms with Crippen LogP contribution >= 0.6 is 0 Å². The molecule has 1 unspecified atom stereocenters. The van der Waals surface area contributed by atoms with Crippen molar-refractivity contribution in [1.82, 2.24) is 10.2 Å². The van der Waals surface area contributed by atoms with E-state index in [2.05, 4.69) is 5.32 Å². The third kappa shape index (κ3) is 1.69. The van der Waals surface area contributed by atoms with Crippen LogP contribution in [-0.2, 0) is 6.54 Å². The smallest absolute Gasteiger partial charge is 0.256 e. The van der Waals surface area contributed by atoms with Crippen LogP contribution < -0.4 is 11.1 Å². The summed E-state index contributed by atoms with van der Waals surface area (Å²) in [5, 5.41) is 3.35. The lowest BCUT2D eigenvalue weighted by Gasteiger charge is -2.31. The highest BCUT2D eigenvalue weighted by Gasteiger charge is 2.34. The molecule has 1 saturated heterocycles. The summed E-state index contributed by atoms with van der Waals surface area (Å²) < 4.78 is 0. The van der Waals surface area contributed by atoms with Crippen molar-refractivity contribution in [3.8, 4) is 0 Å². The molecular weight excluding hydrogens is 214 g/mol. The molecule has 90 valence electrons. The SMILES string of the molecule is Nc1cccc2c1C(=O)N(C1CCCNC1)C2. The van der Waals surface area contributed by atoms with Crippen molar-refractivity contribution in [2.45, 2.75) is 25.4 Å². The molecule has 4 nitrogen and oxygen atoms in total. The van der Waals surface area contributed by atoms with Gasteiger partial charge in [-0.15, -0.1) is 0 Å². The lowest BCUT2D eigenvalue weighted by atomic mass is 10.1. The summed E-state index contributed by atoms with van der Waals surface area (Å²) in [7, 11) is 0. The molecular formula is C13H17N3O. The topological polar surface area (TPSA) is 58.4 Å². The second-order valence-corrected chi connectivity index (χ2v) is 4.81. The van der Waals surface area contributed by atoms with Gasteiger partial charge in [-0.3, -0.25) is 4.79 Å². The first-order valence-electron chi connectivity index (χ1n) is 6.16. The van der Waals surface area contributed by atoms with Gasteiger partial charge < -0.3 is 16.0 Å². The number of nitrogens with two attached hydrogens (primary N) is 1. The van der Waals surface area contributed by atoms with Crippen molar-refractivity contribution in [3.63, 3.8) is 0 Å². The van der Waals surface area contributed by atoms with Gasteiger partial charge in [0.25, 0.3) is 5.91 Å². The van der Waals surface area contributed by atoms with E-state index in [1.807, 2.05) is 17.0 Å². The van der Waals surface area contributed by atoms with Gasteiger partial charge in [-0.2, -0.15) is 0 Å². The molecule has 0 bridgehead atoms. The highest BCUT2D eigenvalue weighted by Crippen LogP contribution is 2.30. The van der Waals surface area contributed by atoms with Gasteiger partial charge in [0.2, 0.25) is 0 Å². The maximum atomic E-state index is 12.3. The number of anilines is 1. The Hall–Kier alpha value is -1.55. The molecule has 1 fully saturated rings. The maximum Gasteiger partial charge on any atom is 0.256 e. The molecule has 2 aliphatic rings. The Morgan fingerprint density at radius 1 is 1.41 bits per heavy atom. The summed E-state index contributed by atoms with van der Waals surface area (Å²) in [6.45, 7) is 2.68. The van der Waals surface area contributed by atoms with Gasteiger partial charge in [-0.05, 0) is 31.0 Å². The highest BCUT2D eigenvalue weighted by molar-refractivity contribution is 6.03. The second kappa shape index (κ2) is 4.04. The fourth-order valence-corrected chi connectivity index (χ4v) is 2.81. The molecule has 1 aromatic carbocycles. The molecule has 0 aliphatic carbocycles. The standard InChI is InChI=1S/C13H17N3O/c14-11-5-1-3-9-8-16(13(17)12(9)11)10-4-2-6-15-7-10/h1,3,5,10,15H,2,4,6-8,14H2. The highest BCUT2D eigenvalue weighted by atomic mass is 16.2. The zero-order valence-electron chi connectivity index (χ0n) is 9.78. The molecule has 3 rings (SSSR count). The predicted octanol–water partition coefficient (Wildman–Crippen LogP) is 0.977. The van der Waals surface area contributed by atoms with Gasteiger partial charge in [0, 0.05) is 24.8 Å². The Bertz CT molecular complexity index is 452. The first-order valence-corrected chi connectivity index (χ1v) is 6.16. The van der Waals surface area contributed by atoms with Crippen LogP contribution in [-0.4, -0.2) is 29.9 Å². The van der Waals surface area contributed by atoms with E-state index >= 15 is 0 Å². The largest absolute Gasteiger partial charge is 0.398 e. The number of piperidine rings is 1. The molecule has 3 N–H and O–H groups in total. The van der Waals surface area contributed by atoms with E-state index < -0.39 is 0 Å². The quantitative estimate of drug-likeness (QED) is 0.708. The Balaban J connectivity index is 1.88. The zero-order valence-corrected chi connectivity index (χ0v) is 9.78. The normalized spacial score (nSPS) is 23.9. The van der Waals surface area contributed by atoms with Gasteiger partial charge in [0.1, 0.15) is 0 Å². The molecule has 2 aliphatic heterocycles. The molecule has 17 heavy (non-hydrogen) atoms. The Labute approximate surface area is 101 Å². The second-order valence-electron chi connectivity index (χ2n) is 4.81. The van der Waals surface area contributed by atoms with Crippen molar-refractivity contribution < 1.29 is 4.79 Å². The fraction of sp³-hybridized carbons (Fsp3) is 0.462. The van der Waals surface area contributed by atoms with Gasteiger partial charge in [-0.1, -0.05) is 12.1 Å². The van der Waals surface area contributed by atoms with Gasteiger partial charge >= 0.3 is 0 Å². The van der Waals surface area contributed by atoms with Gasteiger partial charge in [0.05, 0.1) is 5.56 Å². The first kappa shape index (κ1) is 10.6. The Morgan fingerprint density at radius 2 is 2.29 bits per heavy atom. The molecule has 0 spiro atoms. The minimum absolute atomic E-state index is 0.104. The molecule has 4 heteroatoms. The molecule has 0 aromatic heterocycles. The third-order valence-corrected chi connectivity index (χ3v) is 3.71. The summed E-state index contributed by atoms with van der Waals surface area (Å²) in [5.74, 6) is 0.104. The number of carbonyl (C=O) groups is 1. The van der Waals surface area contributed by atoms with Crippen molar-refractivity contribution in [3.05, 3.63) is 29.3 Å². The number of nitrogens with one attached hydrogen (secondary N) is 1. The summed E-state index contributed by atoms with van der Waals surface area (Å²) in [6.07, 6.45) is 2.23. The minimum Gasteiger partial charge on any atom is -0.398 e. The molecule has 1 amide bonds. The van der Waals surface area contributed by atoms with Crippen molar-refractivity contribution in [2.75, 3.05) is 18.8 Å². The average molecular weight is 231 g/mol. The van der Waals surface area contributed by atoms with E-state index in [-0.39, 0.29) is 5.91 Å². The molecule has 1 aromatic rings. The molecule has 0 radical (unpaired) electrons. The predicted molar refractivity (Wildman–Crippen MR) is 66.6 cm³/mol. The summed E-state index contributed by atoms with van der Waals surface area (Å²) in [6, 6.07) is 6.05. The number of nitrogens with zero attached hydrogens (tertiary/aromatic N) is 1. The number of amides is 1. The van der Waals surface area contributed by atoms with E-state index in [0.29, 0.717) is 18.3 Å². The van der Waals surface area contributed by atoms with E-state index in [4.69, 9.17) is 5.73 Å². The monoisotopic (exact) mass is 231 g/mol. The van der Waals surface area contributed by atoms with Crippen LogP contribution in [0.4, 0.5) is 5.69 Å². The van der Waals surface area contributed by atoms with E-state index in [1.54, 1.807) is 6.07 Å². The number of rotatable bonds is 1. The first-order chi connectivity index (χ1) is 8.27. The van der Waals surface area contributed by atoms with E-state index in [0.717, 1.165) is 37.1 Å². The number of carbonyl (C=O) groups excluding carboxylic acids is 1. The van der Waals surface area contributed by atoms with Crippen LogP contribution in [0.25, 0.3) is 0 Å². The fourth-order valence-electron chi connectivity index (χ4n) is 2.81. The zero-order chi connectivity index (χ0) is 11.8. The van der Waals surface area contributed by atoms with Gasteiger partial charge in [0.15, 0.2) is 0 Å². The number of hydrogen-bond donors (Lipinski definition) is 2. The average Bonchev–Trinajstić information content (AvgIpc) is 2.69. The molecule has 0 saturated carbocycles. The van der Waals surface area contributed by atoms with Crippen LogP contribution in [0.1, 0.15) is 28.8 Å². The lowest BCUT2D eigenvalue weighted by molar-refractivity contribution is 0.0675. The number of hydrogen-bond acceptors (Lipinski definition) is 3. The summed E-state index contributed by atoms with van der Waals surface area (Å²) >= 11 is 0. The van der Waals surface area contributed by atoms with Crippen molar-refractivity contribution in [1.29, 1.82) is 0 Å². The number of fused-ring (bicyclic) bond motifs is 1.